The summed E-state index contributed by atoms with van der Waals surface area (Å²) in [6.45, 7) is 4.20. The lowest BCUT2D eigenvalue weighted by Gasteiger charge is -2.32. The van der Waals surface area contributed by atoms with Gasteiger partial charge >= 0.3 is 12.1 Å². The topological polar surface area (TPSA) is 95.9 Å². The summed E-state index contributed by atoms with van der Waals surface area (Å²) in [6.07, 6.45) is 1.97. The highest BCUT2D eigenvalue weighted by Gasteiger charge is 2.46. The fraction of sp³-hybridized carbons (Fsp3) is 0.444. The summed E-state index contributed by atoms with van der Waals surface area (Å²) in [5, 5.41) is 12.4. The van der Waals surface area contributed by atoms with Gasteiger partial charge in [-0.05, 0) is 48.4 Å². The Balaban J connectivity index is 1.39. The number of fused-ring (bicyclic) bond motifs is 3. The molecule has 2 N–H and O–H groups in total. The number of aliphatic carboxylic acids is 1. The molecule has 1 aliphatic carbocycles. The molecule has 2 atom stereocenters. The largest absolute Gasteiger partial charge is 0.480 e. The Morgan fingerprint density at radius 3 is 2.32 bits per heavy atom. The van der Waals surface area contributed by atoms with Crippen LogP contribution in [0.25, 0.3) is 11.1 Å². The number of carboxylic acids is 1. The molecule has 1 heterocycles. The van der Waals surface area contributed by atoms with Crippen LogP contribution in [0.2, 0.25) is 0 Å². The highest BCUT2D eigenvalue weighted by atomic mass is 16.5. The van der Waals surface area contributed by atoms with E-state index in [-0.39, 0.29) is 24.9 Å². The normalized spacial score (nSPS) is 19.9. The van der Waals surface area contributed by atoms with Gasteiger partial charge in [-0.25, -0.2) is 9.59 Å². The molecule has 180 valence electrons. The van der Waals surface area contributed by atoms with Gasteiger partial charge in [0.05, 0.1) is 0 Å². The molecule has 7 heteroatoms. The van der Waals surface area contributed by atoms with Crippen LogP contribution in [0.1, 0.15) is 63.0 Å². The van der Waals surface area contributed by atoms with Crippen LogP contribution >= 0.6 is 0 Å². The molecule has 7 nitrogen and oxygen atoms in total. The zero-order valence-electron chi connectivity index (χ0n) is 19.8. The van der Waals surface area contributed by atoms with E-state index in [0.29, 0.717) is 25.8 Å². The van der Waals surface area contributed by atoms with Gasteiger partial charge < -0.3 is 20.1 Å². The number of carbonyl (C=O) groups excluding carboxylic acids is 2. The maximum absolute atomic E-state index is 12.9. The molecule has 0 saturated carbocycles. The van der Waals surface area contributed by atoms with Gasteiger partial charge in [0.25, 0.3) is 0 Å². The Hall–Kier alpha value is -3.35. The van der Waals surface area contributed by atoms with E-state index in [4.69, 9.17) is 4.74 Å². The number of rotatable bonds is 8. The molecule has 1 saturated heterocycles. The third-order valence-electron chi connectivity index (χ3n) is 7.13. The lowest BCUT2D eigenvalue weighted by molar-refractivity contribution is -0.155. The quantitative estimate of drug-likeness (QED) is 0.598. The van der Waals surface area contributed by atoms with Crippen molar-refractivity contribution in [1.82, 2.24) is 10.2 Å². The molecule has 1 aliphatic heterocycles. The van der Waals surface area contributed by atoms with Crippen molar-refractivity contribution in [1.29, 1.82) is 0 Å². The lowest BCUT2D eigenvalue weighted by atomic mass is 9.98. The minimum absolute atomic E-state index is 0.0368. The minimum Gasteiger partial charge on any atom is -0.480 e. The lowest BCUT2D eigenvalue weighted by Crippen LogP contribution is -2.52. The van der Waals surface area contributed by atoms with E-state index >= 15 is 0 Å². The van der Waals surface area contributed by atoms with Crippen LogP contribution in [-0.2, 0) is 14.3 Å². The summed E-state index contributed by atoms with van der Waals surface area (Å²) in [4.78, 5) is 38.8. The molecule has 2 aliphatic rings. The Kier molecular flexibility index (Phi) is 6.91. The Morgan fingerprint density at radius 2 is 1.74 bits per heavy atom. The number of ether oxygens (including phenoxy) is 1. The number of carboxylic acid groups (broad SMARTS) is 1. The Morgan fingerprint density at radius 1 is 1.12 bits per heavy atom. The zero-order chi connectivity index (χ0) is 24.3. The summed E-state index contributed by atoms with van der Waals surface area (Å²) in [5.41, 5.74) is 3.41. The number of nitrogens with zero attached hydrogens (tertiary/aromatic N) is 1. The number of hydrogen-bond acceptors (Lipinski definition) is 4. The second-order valence-corrected chi connectivity index (χ2v) is 9.39. The van der Waals surface area contributed by atoms with Crippen LogP contribution in [0.5, 0.6) is 0 Å². The maximum atomic E-state index is 12.9. The molecule has 0 spiro atoms. The van der Waals surface area contributed by atoms with E-state index in [1.165, 1.54) is 4.90 Å². The van der Waals surface area contributed by atoms with Gasteiger partial charge in [-0.15, -0.1) is 0 Å². The molecule has 2 amide bonds. The van der Waals surface area contributed by atoms with Crippen LogP contribution in [-0.4, -0.2) is 52.7 Å². The first kappa shape index (κ1) is 23.8. The van der Waals surface area contributed by atoms with Crippen molar-refractivity contribution in [2.24, 2.45) is 0 Å². The standard InChI is InChI=1S/C27H32N2O5/c1-3-9-18(16-24(30)29-15-8-14-27(29,2)25(31)32)28-26(33)34-17-23-21-12-6-4-10-19(21)20-11-5-7-13-22(20)23/h4-7,10-13,18,23H,3,8-9,14-17H2,1-2H3,(H,28,33)(H,31,32)/t18-,27+/m0/s1. The van der Waals surface area contributed by atoms with Gasteiger partial charge in [-0.2, -0.15) is 0 Å². The number of likely N-dealkylation sites (tertiary alicyclic amines) is 1. The van der Waals surface area contributed by atoms with Crippen LogP contribution in [0, 0.1) is 0 Å². The van der Waals surface area contributed by atoms with Crippen molar-refractivity contribution < 1.29 is 24.2 Å². The van der Waals surface area contributed by atoms with E-state index in [1.54, 1.807) is 6.92 Å². The maximum Gasteiger partial charge on any atom is 0.407 e. The molecular formula is C27H32N2O5. The molecule has 0 bridgehead atoms. The summed E-state index contributed by atoms with van der Waals surface area (Å²) < 4.78 is 5.63. The van der Waals surface area contributed by atoms with Crippen molar-refractivity contribution in [3.8, 4) is 11.1 Å². The fourth-order valence-corrected chi connectivity index (χ4v) is 5.29. The molecule has 0 unspecified atom stereocenters. The number of benzene rings is 2. The number of hydrogen-bond donors (Lipinski definition) is 2. The monoisotopic (exact) mass is 464 g/mol. The van der Waals surface area contributed by atoms with Gasteiger partial charge in [0.2, 0.25) is 5.91 Å². The molecule has 0 radical (unpaired) electrons. The van der Waals surface area contributed by atoms with E-state index in [2.05, 4.69) is 29.6 Å². The second-order valence-electron chi connectivity index (χ2n) is 9.39. The minimum atomic E-state index is -1.18. The average molecular weight is 465 g/mol. The first-order chi connectivity index (χ1) is 16.3. The summed E-state index contributed by atoms with van der Waals surface area (Å²) in [5.74, 6) is -1.28. The molecular weight excluding hydrogens is 432 g/mol. The van der Waals surface area contributed by atoms with Gasteiger partial charge in [0, 0.05) is 24.9 Å². The van der Waals surface area contributed by atoms with Crippen molar-refractivity contribution in [3.63, 3.8) is 0 Å². The first-order valence-corrected chi connectivity index (χ1v) is 12.0. The molecule has 4 rings (SSSR count). The predicted octanol–water partition coefficient (Wildman–Crippen LogP) is 4.55. The van der Waals surface area contributed by atoms with Gasteiger partial charge in [0.1, 0.15) is 12.1 Å². The van der Waals surface area contributed by atoms with Crippen molar-refractivity contribution in [3.05, 3.63) is 59.7 Å². The summed E-state index contributed by atoms with van der Waals surface area (Å²) >= 11 is 0. The van der Waals surface area contributed by atoms with Crippen molar-refractivity contribution in [2.45, 2.75) is 63.5 Å². The SMILES string of the molecule is CCC[C@@H](CC(=O)N1CCC[C@]1(C)C(=O)O)NC(=O)OCC1c2ccccc2-c2ccccc21. The van der Waals surface area contributed by atoms with Crippen molar-refractivity contribution in [2.75, 3.05) is 13.2 Å². The third kappa shape index (κ3) is 4.52. The van der Waals surface area contributed by atoms with Crippen LogP contribution in [0.4, 0.5) is 4.79 Å². The Bertz CT molecular complexity index is 1040. The van der Waals surface area contributed by atoms with Crippen LogP contribution < -0.4 is 5.32 Å². The molecule has 34 heavy (non-hydrogen) atoms. The van der Waals surface area contributed by atoms with E-state index < -0.39 is 23.6 Å². The summed E-state index contributed by atoms with van der Waals surface area (Å²) in [6, 6.07) is 15.9. The van der Waals surface area contributed by atoms with E-state index in [1.807, 2.05) is 31.2 Å². The van der Waals surface area contributed by atoms with Crippen molar-refractivity contribution >= 4 is 18.0 Å². The number of amides is 2. The predicted molar refractivity (Wildman–Crippen MR) is 129 cm³/mol. The highest BCUT2D eigenvalue weighted by Crippen LogP contribution is 2.44. The molecule has 1 fully saturated rings. The smallest absolute Gasteiger partial charge is 0.407 e. The Labute approximate surface area is 200 Å². The summed E-state index contributed by atoms with van der Waals surface area (Å²) in [7, 11) is 0. The zero-order valence-corrected chi connectivity index (χ0v) is 19.8. The van der Waals surface area contributed by atoms with E-state index in [0.717, 1.165) is 28.7 Å². The van der Waals surface area contributed by atoms with Crippen LogP contribution in [0.3, 0.4) is 0 Å². The van der Waals surface area contributed by atoms with Crippen LogP contribution in [0.15, 0.2) is 48.5 Å². The highest BCUT2D eigenvalue weighted by molar-refractivity contribution is 5.88. The molecule has 2 aromatic rings. The number of alkyl carbamates (subject to hydrolysis) is 1. The number of carbonyl (C=O) groups is 3. The molecule has 2 aromatic carbocycles. The average Bonchev–Trinajstić information content (AvgIpc) is 3.37. The van der Waals surface area contributed by atoms with Gasteiger partial charge in [-0.3, -0.25) is 4.79 Å². The van der Waals surface area contributed by atoms with Gasteiger partial charge in [-0.1, -0.05) is 61.9 Å². The third-order valence-corrected chi connectivity index (χ3v) is 7.13. The van der Waals surface area contributed by atoms with E-state index in [9.17, 15) is 19.5 Å². The molecule has 0 aromatic heterocycles. The fourth-order valence-electron chi connectivity index (χ4n) is 5.29. The van der Waals surface area contributed by atoms with Gasteiger partial charge in [0.15, 0.2) is 0 Å². The number of nitrogens with one attached hydrogen (secondary N) is 1. The second kappa shape index (κ2) is 9.87. The first-order valence-electron chi connectivity index (χ1n) is 12.0.